The quantitative estimate of drug-likeness (QED) is 0.862. The van der Waals surface area contributed by atoms with Crippen molar-refractivity contribution in [2.24, 2.45) is 0 Å². The number of nitrogens with one attached hydrogen (secondary N) is 1. The van der Waals surface area contributed by atoms with Gasteiger partial charge in [-0.25, -0.2) is 0 Å². The molecule has 0 amide bonds. The normalized spacial score (nSPS) is 12.4. The van der Waals surface area contributed by atoms with Crippen LogP contribution in [0, 0.1) is 13.8 Å². The van der Waals surface area contributed by atoms with Crippen molar-refractivity contribution < 1.29 is 0 Å². The van der Waals surface area contributed by atoms with Gasteiger partial charge >= 0.3 is 0 Å². The lowest BCUT2D eigenvalue weighted by atomic mass is 9.92. The van der Waals surface area contributed by atoms with E-state index in [2.05, 4.69) is 68.6 Å². The topological polar surface area (TPSA) is 12.0 Å². The van der Waals surface area contributed by atoms with Gasteiger partial charge in [-0.1, -0.05) is 60.5 Å². The molecule has 0 aliphatic heterocycles. The highest BCUT2D eigenvalue weighted by molar-refractivity contribution is 5.40. The second-order valence-electron chi connectivity index (χ2n) is 5.20. The summed E-state index contributed by atoms with van der Waals surface area (Å²) >= 11 is 0. The van der Waals surface area contributed by atoms with E-state index in [4.69, 9.17) is 0 Å². The maximum atomic E-state index is 3.46. The van der Waals surface area contributed by atoms with Gasteiger partial charge in [-0.3, -0.25) is 0 Å². The second kappa shape index (κ2) is 6.03. The molecule has 0 aromatic heterocycles. The van der Waals surface area contributed by atoms with Crippen LogP contribution in [0.1, 0.15) is 40.8 Å². The smallest absolute Gasteiger partial charge is 0.0577 e. The van der Waals surface area contributed by atoms with Crippen molar-refractivity contribution in [2.45, 2.75) is 33.2 Å². The maximum absolute atomic E-state index is 3.46. The highest BCUT2D eigenvalue weighted by atomic mass is 14.9. The molecule has 2 aromatic carbocycles. The molecule has 0 radical (unpaired) electrons. The lowest BCUT2D eigenvalue weighted by molar-refractivity contribution is 0.683. The minimum Gasteiger partial charge on any atom is -0.309 e. The molecule has 1 atom stereocenters. The van der Waals surface area contributed by atoms with Crippen LogP contribution in [-0.2, 0) is 6.42 Å². The average molecular weight is 253 g/mol. The molecule has 2 aromatic rings. The van der Waals surface area contributed by atoms with Gasteiger partial charge in [0.05, 0.1) is 6.04 Å². The highest BCUT2D eigenvalue weighted by Gasteiger charge is 2.15. The molecule has 0 aliphatic carbocycles. The van der Waals surface area contributed by atoms with Gasteiger partial charge in [-0.15, -0.1) is 0 Å². The molecular weight excluding hydrogens is 230 g/mol. The van der Waals surface area contributed by atoms with Crippen LogP contribution in [0.3, 0.4) is 0 Å². The van der Waals surface area contributed by atoms with Crippen LogP contribution in [0.2, 0.25) is 0 Å². The van der Waals surface area contributed by atoms with Gasteiger partial charge in [0.2, 0.25) is 0 Å². The summed E-state index contributed by atoms with van der Waals surface area (Å²) in [5, 5.41) is 3.46. The third-order valence-electron chi connectivity index (χ3n) is 3.61. The first-order valence-corrected chi connectivity index (χ1v) is 6.99. The van der Waals surface area contributed by atoms with E-state index in [1.165, 1.54) is 27.8 Å². The van der Waals surface area contributed by atoms with Crippen molar-refractivity contribution in [2.75, 3.05) is 7.05 Å². The second-order valence-corrected chi connectivity index (χ2v) is 5.20. The van der Waals surface area contributed by atoms with Gasteiger partial charge in [0.25, 0.3) is 0 Å². The first-order valence-electron chi connectivity index (χ1n) is 6.99. The first kappa shape index (κ1) is 13.8. The molecule has 0 aliphatic rings. The van der Waals surface area contributed by atoms with E-state index in [-0.39, 0.29) is 6.04 Å². The Bertz CT molecular complexity index is 537. The van der Waals surface area contributed by atoms with E-state index in [0.29, 0.717) is 0 Å². The Balaban J connectivity index is 2.49. The van der Waals surface area contributed by atoms with Gasteiger partial charge in [0.15, 0.2) is 0 Å². The monoisotopic (exact) mass is 253 g/mol. The van der Waals surface area contributed by atoms with Crippen LogP contribution in [0.4, 0.5) is 0 Å². The van der Waals surface area contributed by atoms with Gasteiger partial charge in [0, 0.05) is 0 Å². The van der Waals surface area contributed by atoms with E-state index >= 15 is 0 Å². The molecule has 0 saturated heterocycles. The molecule has 1 nitrogen and oxygen atoms in total. The molecule has 1 heteroatoms. The Hall–Kier alpha value is -1.60. The summed E-state index contributed by atoms with van der Waals surface area (Å²) in [6.45, 7) is 6.54. The van der Waals surface area contributed by atoms with Crippen LogP contribution < -0.4 is 5.32 Å². The number of hydrogen-bond acceptors (Lipinski definition) is 1. The Morgan fingerprint density at radius 3 is 2.21 bits per heavy atom. The van der Waals surface area contributed by atoms with Crippen LogP contribution in [0.5, 0.6) is 0 Å². The summed E-state index contributed by atoms with van der Waals surface area (Å²) in [6.07, 6.45) is 1.07. The third-order valence-corrected chi connectivity index (χ3v) is 3.61. The molecular formula is C18H23N. The number of rotatable bonds is 4. The molecule has 0 spiro atoms. The van der Waals surface area contributed by atoms with Crippen molar-refractivity contribution in [1.29, 1.82) is 0 Å². The molecule has 19 heavy (non-hydrogen) atoms. The van der Waals surface area contributed by atoms with Gasteiger partial charge in [0.1, 0.15) is 0 Å². The lowest BCUT2D eigenvalue weighted by Crippen LogP contribution is -2.19. The zero-order valence-electron chi connectivity index (χ0n) is 12.3. The Morgan fingerprint density at radius 1 is 1.00 bits per heavy atom. The fourth-order valence-corrected chi connectivity index (χ4v) is 2.82. The summed E-state index contributed by atoms with van der Waals surface area (Å²) in [5.74, 6) is 0. The standard InChI is InChI=1S/C18H23N/c1-5-15-8-6-7-9-17(15)18(19-4)16-11-13(2)10-14(3)12-16/h6-12,18-19H,5H2,1-4H3. The Morgan fingerprint density at radius 2 is 1.63 bits per heavy atom. The number of aryl methyl sites for hydroxylation is 3. The van der Waals surface area contributed by atoms with Crippen LogP contribution in [0.25, 0.3) is 0 Å². The Labute approximate surface area is 116 Å². The summed E-state index contributed by atoms with van der Waals surface area (Å²) in [5.41, 5.74) is 6.80. The molecule has 1 N–H and O–H groups in total. The largest absolute Gasteiger partial charge is 0.309 e. The molecule has 0 bridgehead atoms. The van der Waals surface area contributed by atoms with E-state index in [1.807, 2.05) is 7.05 Å². The fourth-order valence-electron chi connectivity index (χ4n) is 2.82. The van der Waals surface area contributed by atoms with E-state index in [1.54, 1.807) is 0 Å². The summed E-state index contributed by atoms with van der Waals surface area (Å²) in [6, 6.07) is 15.8. The molecule has 1 unspecified atom stereocenters. The number of benzene rings is 2. The van der Waals surface area contributed by atoms with E-state index < -0.39 is 0 Å². The molecule has 0 saturated carbocycles. The molecule has 0 fully saturated rings. The zero-order valence-corrected chi connectivity index (χ0v) is 12.3. The lowest BCUT2D eigenvalue weighted by Gasteiger charge is -2.21. The summed E-state index contributed by atoms with van der Waals surface area (Å²) in [7, 11) is 2.04. The Kier molecular flexibility index (Phi) is 4.39. The van der Waals surface area contributed by atoms with Crippen molar-refractivity contribution in [3.63, 3.8) is 0 Å². The average Bonchev–Trinajstić information content (AvgIpc) is 2.39. The van der Waals surface area contributed by atoms with Gasteiger partial charge < -0.3 is 5.32 Å². The maximum Gasteiger partial charge on any atom is 0.0577 e. The van der Waals surface area contributed by atoms with Crippen LogP contribution in [0.15, 0.2) is 42.5 Å². The SMILES string of the molecule is CCc1ccccc1C(NC)c1cc(C)cc(C)c1. The fraction of sp³-hybridized carbons (Fsp3) is 0.333. The van der Waals surface area contributed by atoms with Crippen molar-refractivity contribution >= 4 is 0 Å². The molecule has 0 heterocycles. The number of hydrogen-bond donors (Lipinski definition) is 1. The summed E-state index contributed by atoms with van der Waals surface area (Å²) in [4.78, 5) is 0. The van der Waals surface area contributed by atoms with Gasteiger partial charge in [-0.05, 0) is 44.0 Å². The third kappa shape index (κ3) is 3.05. The summed E-state index contributed by atoms with van der Waals surface area (Å²) < 4.78 is 0. The minimum atomic E-state index is 0.273. The van der Waals surface area contributed by atoms with Gasteiger partial charge in [-0.2, -0.15) is 0 Å². The van der Waals surface area contributed by atoms with Crippen molar-refractivity contribution in [3.05, 3.63) is 70.3 Å². The van der Waals surface area contributed by atoms with Crippen LogP contribution >= 0.6 is 0 Å². The highest BCUT2D eigenvalue weighted by Crippen LogP contribution is 2.26. The van der Waals surface area contributed by atoms with Crippen molar-refractivity contribution in [1.82, 2.24) is 5.32 Å². The minimum absolute atomic E-state index is 0.273. The molecule has 2 rings (SSSR count). The van der Waals surface area contributed by atoms with Crippen molar-refractivity contribution in [3.8, 4) is 0 Å². The zero-order chi connectivity index (χ0) is 13.8. The van der Waals surface area contributed by atoms with E-state index in [9.17, 15) is 0 Å². The molecule has 100 valence electrons. The van der Waals surface area contributed by atoms with E-state index in [0.717, 1.165) is 6.42 Å². The predicted octanol–water partition coefficient (Wildman–Crippen LogP) is 4.17. The van der Waals surface area contributed by atoms with Crippen LogP contribution in [-0.4, -0.2) is 7.05 Å². The first-order chi connectivity index (χ1) is 9.15. The predicted molar refractivity (Wildman–Crippen MR) is 82.6 cm³/mol.